The van der Waals surface area contributed by atoms with Crippen molar-refractivity contribution in [2.45, 2.75) is 6.42 Å². The first-order valence-electron chi connectivity index (χ1n) is 4.27. The molecule has 0 aromatic heterocycles. The summed E-state index contributed by atoms with van der Waals surface area (Å²) in [6.07, 6.45) is 0.384. The third-order valence-corrected chi connectivity index (χ3v) is 1.96. The Kier molecular flexibility index (Phi) is 3.70. The van der Waals surface area contributed by atoms with E-state index < -0.39 is 0 Å². The Morgan fingerprint density at radius 3 is 3.00 bits per heavy atom. The summed E-state index contributed by atoms with van der Waals surface area (Å²) >= 11 is 0. The maximum absolute atomic E-state index is 11.3. The number of methoxy groups -OCH3 is 1. The van der Waals surface area contributed by atoms with Gasteiger partial charge < -0.3 is 15.0 Å². The fraction of sp³-hybridized carbons (Fsp3) is 0.750. The monoisotopic (exact) mass is 186 g/mol. The maximum atomic E-state index is 11.3. The zero-order valence-corrected chi connectivity index (χ0v) is 7.71. The van der Waals surface area contributed by atoms with Gasteiger partial charge in [0.2, 0.25) is 11.8 Å². The smallest absolute Gasteiger partial charge is 0.242 e. The molecule has 5 nitrogen and oxygen atoms in total. The molecule has 0 aromatic carbocycles. The van der Waals surface area contributed by atoms with Crippen LogP contribution in [0.25, 0.3) is 0 Å². The van der Waals surface area contributed by atoms with Crippen LogP contribution in [0.1, 0.15) is 6.42 Å². The minimum Gasteiger partial charge on any atom is -0.383 e. The molecule has 1 rings (SSSR count). The number of hydrogen-bond donors (Lipinski definition) is 1. The van der Waals surface area contributed by atoms with Gasteiger partial charge in [0, 0.05) is 26.6 Å². The Morgan fingerprint density at radius 1 is 1.54 bits per heavy atom. The molecule has 0 saturated carbocycles. The lowest BCUT2D eigenvalue weighted by Crippen LogP contribution is -2.37. The molecule has 0 atom stereocenters. The molecule has 13 heavy (non-hydrogen) atoms. The predicted octanol–water partition coefficient (Wildman–Crippen LogP) is -1.02. The van der Waals surface area contributed by atoms with Gasteiger partial charge in [-0.25, -0.2) is 0 Å². The molecule has 1 aliphatic rings. The summed E-state index contributed by atoms with van der Waals surface area (Å²) < 4.78 is 4.86. The van der Waals surface area contributed by atoms with E-state index >= 15 is 0 Å². The van der Waals surface area contributed by atoms with Crippen molar-refractivity contribution >= 4 is 11.8 Å². The molecule has 0 radical (unpaired) electrons. The van der Waals surface area contributed by atoms with Crippen molar-refractivity contribution in [3.8, 4) is 0 Å². The van der Waals surface area contributed by atoms with E-state index in [9.17, 15) is 9.59 Å². The molecular formula is C8H14N2O3. The summed E-state index contributed by atoms with van der Waals surface area (Å²) in [5, 5.41) is 2.53. The van der Waals surface area contributed by atoms with Gasteiger partial charge in [0.15, 0.2) is 0 Å². The van der Waals surface area contributed by atoms with Gasteiger partial charge in [-0.3, -0.25) is 9.59 Å². The SMILES string of the molecule is COCCN1CCC(=O)NCC1=O. The quantitative estimate of drug-likeness (QED) is 0.614. The molecule has 0 unspecified atom stereocenters. The number of ether oxygens (including phenoxy) is 1. The Balaban J connectivity index is 2.42. The van der Waals surface area contributed by atoms with Crippen LogP contribution in [0.5, 0.6) is 0 Å². The van der Waals surface area contributed by atoms with Crippen molar-refractivity contribution in [3.63, 3.8) is 0 Å². The van der Waals surface area contributed by atoms with E-state index in [4.69, 9.17) is 4.74 Å². The number of rotatable bonds is 3. The summed E-state index contributed by atoms with van der Waals surface area (Å²) in [4.78, 5) is 23.9. The second kappa shape index (κ2) is 4.81. The number of carbonyl (C=O) groups excluding carboxylic acids is 2. The molecule has 74 valence electrons. The van der Waals surface area contributed by atoms with E-state index in [1.54, 1.807) is 12.0 Å². The molecular weight excluding hydrogens is 172 g/mol. The standard InChI is InChI=1S/C8H14N2O3/c1-13-5-4-10-3-2-7(11)9-6-8(10)12/h2-6H2,1H3,(H,9,11). The molecule has 1 aliphatic heterocycles. The molecule has 2 amide bonds. The molecule has 0 aliphatic carbocycles. The number of hydrogen-bond acceptors (Lipinski definition) is 3. The minimum atomic E-state index is -0.0618. The zero-order valence-electron chi connectivity index (χ0n) is 7.71. The molecule has 1 N–H and O–H groups in total. The maximum Gasteiger partial charge on any atom is 0.242 e. The van der Waals surface area contributed by atoms with Crippen molar-refractivity contribution in [2.75, 3.05) is 33.4 Å². The van der Waals surface area contributed by atoms with Crippen LogP contribution < -0.4 is 5.32 Å². The Labute approximate surface area is 77.0 Å². The van der Waals surface area contributed by atoms with E-state index in [0.29, 0.717) is 26.1 Å². The van der Waals surface area contributed by atoms with Gasteiger partial charge in [0.25, 0.3) is 0 Å². The summed E-state index contributed by atoms with van der Waals surface area (Å²) in [7, 11) is 1.59. The van der Waals surface area contributed by atoms with Crippen LogP contribution in [-0.2, 0) is 14.3 Å². The van der Waals surface area contributed by atoms with Crippen LogP contribution >= 0.6 is 0 Å². The van der Waals surface area contributed by atoms with Crippen LogP contribution in [0.15, 0.2) is 0 Å². The molecule has 1 heterocycles. The predicted molar refractivity (Wildman–Crippen MR) is 46.1 cm³/mol. The Bertz CT molecular complexity index is 206. The van der Waals surface area contributed by atoms with Gasteiger partial charge in [0.1, 0.15) is 0 Å². The Morgan fingerprint density at radius 2 is 2.31 bits per heavy atom. The van der Waals surface area contributed by atoms with Crippen molar-refractivity contribution in [3.05, 3.63) is 0 Å². The number of nitrogens with zero attached hydrogens (tertiary/aromatic N) is 1. The van der Waals surface area contributed by atoms with Crippen molar-refractivity contribution in [1.29, 1.82) is 0 Å². The van der Waals surface area contributed by atoms with Gasteiger partial charge in [-0.1, -0.05) is 0 Å². The van der Waals surface area contributed by atoms with Crippen LogP contribution in [-0.4, -0.2) is 50.1 Å². The molecule has 5 heteroatoms. The van der Waals surface area contributed by atoms with E-state index in [0.717, 1.165) is 0 Å². The lowest BCUT2D eigenvalue weighted by atomic mass is 10.4. The Hall–Kier alpha value is -1.10. The molecule has 0 spiro atoms. The van der Waals surface area contributed by atoms with Crippen LogP contribution in [0.2, 0.25) is 0 Å². The molecule has 1 saturated heterocycles. The van der Waals surface area contributed by atoms with E-state index in [1.165, 1.54) is 0 Å². The molecule has 1 fully saturated rings. The average Bonchev–Trinajstić information content (AvgIpc) is 2.28. The summed E-state index contributed by atoms with van der Waals surface area (Å²) in [6, 6.07) is 0. The summed E-state index contributed by atoms with van der Waals surface area (Å²) in [5.41, 5.74) is 0. The minimum absolute atomic E-state index is 0.0390. The third kappa shape index (κ3) is 3.02. The fourth-order valence-corrected chi connectivity index (χ4v) is 1.17. The zero-order chi connectivity index (χ0) is 9.68. The van der Waals surface area contributed by atoms with E-state index in [1.807, 2.05) is 0 Å². The van der Waals surface area contributed by atoms with Gasteiger partial charge in [-0.2, -0.15) is 0 Å². The normalized spacial score (nSPS) is 18.4. The lowest BCUT2D eigenvalue weighted by Gasteiger charge is -2.18. The first-order chi connectivity index (χ1) is 6.24. The van der Waals surface area contributed by atoms with Crippen LogP contribution in [0.3, 0.4) is 0 Å². The second-order valence-corrected chi connectivity index (χ2v) is 2.90. The van der Waals surface area contributed by atoms with Gasteiger partial charge in [-0.05, 0) is 0 Å². The van der Waals surface area contributed by atoms with Gasteiger partial charge in [0.05, 0.1) is 13.2 Å². The molecule has 0 aromatic rings. The fourth-order valence-electron chi connectivity index (χ4n) is 1.17. The van der Waals surface area contributed by atoms with Crippen molar-refractivity contribution in [2.24, 2.45) is 0 Å². The highest BCUT2D eigenvalue weighted by Crippen LogP contribution is 1.97. The number of nitrogens with one attached hydrogen (secondary N) is 1. The highest BCUT2D eigenvalue weighted by Gasteiger charge is 2.18. The number of amides is 2. The van der Waals surface area contributed by atoms with Gasteiger partial charge in [-0.15, -0.1) is 0 Å². The second-order valence-electron chi connectivity index (χ2n) is 2.90. The largest absolute Gasteiger partial charge is 0.383 e. The topological polar surface area (TPSA) is 58.6 Å². The van der Waals surface area contributed by atoms with E-state index in [2.05, 4.69) is 5.32 Å². The summed E-state index contributed by atoms with van der Waals surface area (Å²) in [6.45, 7) is 1.68. The molecule has 0 bridgehead atoms. The first-order valence-corrected chi connectivity index (χ1v) is 4.27. The average molecular weight is 186 g/mol. The van der Waals surface area contributed by atoms with Crippen LogP contribution in [0.4, 0.5) is 0 Å². The number of carbonyl (C=O) groups is 2. The van der Waals surface area contributed by atoms with Gasteiger partial charge >= 0.3 is 0 Å². The highest BCUT2D eigenvalue weighted by molar-refractivity contribution is 5.87. The summed E-state index contributed by atoms with van der Waals surface area (Å²) in [5.74, 6) is -0.101. The van der Waals surface area contributed by atoms with E-state index in [-0.39, 0.29) is 18.4 Å². The first kappa shape index (κ1) is 9.98. The third-order valence-electron chi connectivity index (χ3n) is 1.96. The highest BCUT2D eigenvalue weighted by atomic mass is 16.5. The van der Waals surface area contributed by atoms with Crippen molar-refractivity contribution < 1.29 is 14.3 Å². The van der Waals surface area contributed by atoms with Crippen molar-refractivity contribution in [1.82, 2.24) is 10.2 Å². The lowest BCUT2D eigenvalue weighted by molar-refractivity contribution is -0.130. The van der Waals surface area contributed by atoms with Crippen LogP contribution in [0, 0.1) is 0 Å².